The highest BCUT2D eigenvalue weighted by Gasteiger charge is 2.34. The molecule has 1 aromatic heterocycles. The van der Waals surface area contributed by atoms with E-state index in [1.54, 1.807) is 6.20 Å². The second kappa shape index (κ2) is 4.59. The van der Waals surface area contributed by atoms with Gasteiger partial charge in [-0.15, -0.1) is 0 Å². The van der Waals surface area contributed by atoms with Crippen LogP contribution in [0.2, 0.25) is 0 Å². The first-order valence-corrected chi connectivity index (χ1v) is 6.18. The SMILES string of the molecule is CC1(COc2ccccc2-c2cnoc2N)COC1. The Morgan fingerprint density at radius 3 is 2.74 bits per heavy atom. The maximum absolute atomic E-state index is 5.92. The fourth-order valence-corrected chi connectivity index (χ4v) is 2.05. The summed E-state index contributed by atoms with van der Waals surface area (Å²) < 4.78 is 16.0. The Labute approximate surface area is 111 Å². The Morgan fingerprint density at radius 1 is 1.32 bits per heavy atom. The average molecular weight is 260 g/mol. The van der Waals surface area contributed by atoms with Crippen molar-refractivity contribution in [2.75, 3.05) is 25.6 Å². The molecule has 2 heterocycles. The molecule has 0 amide bonds. The topological polar surface area (TPSA) is 70.5 Å². The number of para-hydroxylation sites is 1. The number of nitrogens with zero attached hydrogens (tertiary/aromatic N) is 1. The highest BCUT2D eigenvalue weighted by Crippen LogP contribution is 2.35. The van der Waals surface area contributed by atoms with E-state index in [2.05, 4.69) is 12.1 Å². The van der Waals surface area contributed by atoms with Crippen LogP contribution < -0.4 is 10.5 Å². The van der Waals surface area contributed by atoms with Gasteiger partial charge in [0, 0.05) is 11.0 Å². The zero-order valence-corrected chi connectivity index (χ0v) is 10.8. The fourth-order valence-electron chi connectivity index (χ4n) is 2.05. The molecule has 5 heteroatoms. The van der Waals surface area contributed by atoms with Crippen LogP contribution in [0.5, 0.6) is 5.75 Å². The molecule has 1 aromatic carbocycles. The van der Waals surface area contributed by atoms with Gasteiger partial charge in [0.1, 0.15) is 5.75 Å². The van der Waals surface area contributed by atoms with E-state index in [4.69, 9.17) is 19.7 Å². The summed E-state index contributed by atoms with van der Waals surface area (Å²) in [7, 11) is 0. The van der Waals surface area contributed by atoms with E-state index in [9.17, 15) is 0 Å². The monoisotopic (exact) mass is 260 g/mol. The molecular weight excluding hydrogens is 244 g/mol. The molecule has 0 unspecified atom stereocenters. The molecule has 0 saturated carbocycles. The number of anilines is 1. The van der Waals surface area contributed by atoms with Crippen LogP contribution in [-0.2, 0) is 4.74 Å². The van der Waals surface area contributed by atoms with Gasteiger partial charge in [-0.25, -0.2) is 0 Å². The van der Waals surface area contributed by atoms with Crippen LogP contribution in [0.1, 0.15) is 6.92 Å². The van der Waals surface area contributed by atoms with Crippen LogP contribution in [0.4, 0.5) is 5.88 Å². The molecule has 0 atom stereocenters. The molecule has 1 aliphatic heterocycles. The van der Waals surface area contributed by atoms with Crippen LogP contribution in [0.15, 0.2) is 35.0 Å². The van der Waals surface area contributed by atoms with E-state index < -0.39 is 0 Å². The summed E-state index contributed by atoms with van der Waals surface area (Å²) in [4.78, 5) is 0. The third kappa shape index (κ3) is 2.29. The molecule has 0 radical (unpaired) electrons. The number of hydrogen-bond acceptors (Lipinski definition) is 5. The normalized spacial score (nSPS) is 16.9. The van der Waals surface area contributed by atoms with Crippen LogP contribution in [0.25, 0.3) is 11.1 Å². The first-order valence-electron chi connectivity index (χ1n) is 6.18. The van der Waals surface area contributed by atoms with Crippen molar-refractivity contribution in [3.8, 4) is 16.9 Å². The van der Waals surface area contributed by atoms with Gasteiger partial charge in [-0.3, -0.25) is 0 Å². The minimum atomic E-state index is 0.104. The van der Waals surface area contributed by atoms with E-state index in [0.717, 1.165) is 30.1 Å². The third-order valence-electron chi connectivity index (χ3n) is 3.25. The van der Waals surface area contributed by atoms with Crippen molar-refractivity contribution >= 4 is 5.88 Å². The van der Waals surface area contributed by atoms with E-state index in [1.807, 2.05) is 24.3 Å². The van der Waals surface area contributed by atoms with Gasteiger partial charge in [0.25, 0.3) is 0 Å². The lowest BCUT2D eigenvalue weighted by Crippen LogP contribution is -2.44. The molecule has 5 nitrogen and oxygen atoms in total. The highest BCUT2D eigenvalue weighted by atomic mass is 16.5. The fraction of sp³-hybridized carbons (Fsp3) is 0.357. The van der Waals surface area contributed by atoms with E-state index in [1.165, 1.54) is 0 Å². The van der Waals surface area contributed by atoms with Crippen molar-refractivity contribution in [1.29, 1.82) is 0 Å². The molecule has 0 spiro atoms. The molecule has 100 valence electrons. The number of rotatable bonds is 4. The summed E-state index contributed by atoms with van der Waals surface area (Å²) in [6.07, 6.45) is 1.60. The summed E-state index contributed by atoms with van der Waals surface area (Å²) >= 11 is 0. The second-order valence-electron chi connectivity index (χ2n) is 5.19. The van der Waals surface area contributed by atoms with Crippen LogP contribution in [0, 0.1) is 5.41 Å². The van der Waals surface area contributed by atoms with Crippen LogP contribution in [0.3, 0.4) is 0 Å². The van der Waals surface area contributed by atoms with Crippen molar-refractivity contribution < 1.29 is 14.0 Å². The number of ether oxygens (including phenoxy) is 2. The van der Waals surface area contributed by atoms with Gasteiger partial charge >= 0.3 is 0 Å². The number of benzene rings is 1. The number of hydrogen-bond donors (Lipinski definition) is 1. The lowest BCUT2D eigenvalue weighted by atomic mass is 9.90. The van der Waals surface area contributed by atoms with Gasteiger partial charge in [0.2, 0.25) is 5.88 Å². The molecule has 1 saturated heterocycles. The maximum Gasteiger partial charge on any atom is 0.230 e. The second-order valence-corrected chi connectivity index (χ2v) is 5.19. The smallest absolute Gasteiger partial charge is 0.230 e. The minimum Gasteiger partial charge on any atom is -0.492 e. The van der Waals surface area contributed by atoms with Gasteiger partial charge < -0.3 is 19.7 Å². The Bertz CT molecular complexity index is 576. The first-order chi connectivity index (χ1) is 9.18. The first kappa shape index (κ1) is 12.0. The molecule has 2 aromatic rings. The summed E-state index contributed by atoms with van der Waals surface area (Å²) in [5.41, 5.74) is 7.51. The van der Waals surface area contributed by atoms with E-state index in [-0.39, 0.29) is 5.41 Å². The predicted octanol–water partition coefficient (Wildman–Crippen LogP) is 2.34. The zero-order valence-electron chi connectivity index (χ0n) is 10.8. The highest BCUT2D eigenvalue weighted by molar-refractivity contribution is 5.76. The quantitative estimate of drug-likeness (QED) is 0.913. The van der Waals surface area contributed by atoms with E-state index in [0.29, 0.717) is 12.5 Å². The maximum atomic E-state index is 5.92. The van der Waals surface area contributed by atoms with E-state index >= 15 is 0 Å². The zero-order chi connectivity index (χ0) is 13.3. The Hall–Kier alpha value is -2.01. The molecule has 1 fully saturated rings. The molecule has 3 rings (SSSR count). The van der Waals surface area contributed by atoms with Crippen LogP contribution in [-0.4, -0.2) is 25.0 Å². The Balaban J connectivity index is 1.83. The summed E-state index contributed by atoms with van der Waals surface area (Å²) in [5.74, 6) is 1.08. The third-order valence-corrected chi connectivity index (χ3v) is 3.25. The molecule has 1 aliphatic rings. The summed E-state index contributed by atoms with van der Waals surface area (Å²) in [5, 5.41) is 3.70. The van der Waals surface area contributed by atoms with Crippen molar-refractivity contribution in [2.24, 2.45) is 5.41 Å². The molecule has 0 bridgehead atoms. The molecule has 19 heavy (non-hydrogen) atoms. The lowest BCUT2D eigenvalue weighted by Gasteiger charge is -2.37. The summed E-state index contributed by atoms with van der Waals surface area (Å²) in [6, 6.07) is 7.73. The lowest BCUT2D eigenvalue weighted by molar-refractivity contribution is -0.120. The van der Waals surface area contributed by atoms with Crippen LogP contribution >= 0.6 is 0 Å². The number of nitrogen functional groups attached to an aromatic ring is 1. The van der Waals surface area contributed by atoms with Gasteiger partial charge in [-0.1, -0.05) is 30.3 Å². The Kier molecular flexibility index (Phi) is 2.91. The average Bonchev–Trinajstić information content (AvgIpc) is 2.81. The molecular formula is C14H16N2O3. The predicted molar refractivity (Wildman–Crippen MR) is 70.8 cm³/mol. The molecule has 2 N–H and O–H groups in total. The largest absolute Gasteiger partial charge is 0.492 e. The number of nitrogens with two attached hydrogens (primary N) is 1. The van der Waals surface area contributed by atoms with Gasteiger partial charge in [0.05, 0.1) is 31.6 Å². The minimum absolute atomic E-state index is 0.104. The molecule has 0 aliphatic carbocycles. The van der Waals surface area contributed by atoms with Crippen molar-refractivity contribution in [3.05, 3.63) is 30.5 Å². The van der Waals surface area contributed by atoms with Crippen molar-refractivity contribution in [3.63, 3.8) is 0 Å². The van der Waals surface area contributed by atoms with Gasteiger partial charge in [0.15, 0.2) is 0 Å². The summed E-state index contributed by atoms with van der Waals surface area (Å²) in [6.45, 7) is 4.25. The van der Waals surface area contributed by atoms with Gasteiger partial charge in [-0.05, 0) is 6.07 Å². The van der Waals surface area contributed by atoms with Crippen molar-refractivity contribution in [2.45, 2.75) is 6.92 Å². The van der Waals surface area contributed by atoms with Crippen molar-refractivity contribution in [1.82, 2.24) is 5.16 Å². The van der Waals surface area contributed by atoms with Gasteiger partial charge in [-0.2, -0.15) is 0 Å². The standard InChI is InChI=1S/C14H16N2O3/c1-14(7-17-8-14)9-18-12-5-3-2-4-10(12)11-6-16-19-13(11)15/h2-6H,7-9,15H2,1H3. The number of aromatic nitrogens is 1. The Morgan fingerprint density at radius 2 is 2.11 bits per heavy atom.